The highest BCUT2D eigenvalue weighted by atomic mass is 15.2. The molecule has 0 aromatic carbocycles. The van der Waals surface area contributed by atoms with Gasteiger partial charge in [0.25, 0.3) is 0 Å². The van der Waals surface area contributed by atoms with Crippen molar-refractivity contribution in [1.29, 1.82) is 0 Å². The molecule has 0 amide bonds. The molecule has 3 heterocycles. The van der Waals surface area contributed by atoms with Crippen molar-refractivity contribution < 1.29 is 0 Å². The van der Waals surface area contributed by atoms with Gasteiger partial charge in [0.1, 0.15) is 0 Å². The van der Waals surface area contributed by atoms with Gasteiger partial charge in [-0.2, -0.15) is 5.10 Å². The maximum atomic E-state index is 4.59. The zero-order valence-corrected chi connectivity index (χ0v) is 8.56. The first-order valence-corrected chi connectivity index (χ1v) is 5.43. The standard InChI is InChI=1S/C11H14N4/c1-3-12-4-2-9(1)11-7-10-8-13-5-6-15(10)14-11/h5-9,12H,1-4H2. The third-order valence-electron chi connectivity index (χ3n) is 3.04. The maximum Gasteiger partial charge on any atom is 0.0847 e. The highest BCUT2D eigenvalue weighted by Crippen LogP contribution is 2.24. The van der Waals surface area contributed by atoms with Gasteiger partial charge in [-0.3, -0.25) is 4.98 Å². The average Bonchev–Trinajstić information content (AvgIpc) is 2.74. The summed E-state index contributed by atoms with van der Waals surface area (Å²) in [7, 11) is 0. The number of fused-ring (bicyclic) bond motifs is 1. The molecule has 3 rings (SSSR count). The summed E-state index contributed by atoms with van der Waals surface area (Å²) in [5.74, 6) is 0.617. The average molecular weight is 202 g/mol. The van der Waals surface area contributed by atoms with Gasteiger partial charge in [0.15, 0.2) is 0 Å². The summed E-state index contributed by atoms with van der Waals surface area (Å²) in [4.78, 5) is 4.10. The van der Waals surface area contributed by atoms with Crippen LogP contribution in [0.4, 0.5) is 0 Å². The number of nitrogens with one attached hydrogen (secondary N) is 1. The fraction of sp³-hybridized carbons (Fsp3) is 0.455. The van der Waals surface area contributed by atoms with Crippen LogP contribution in [0.25, 0.3) is 5.52 Å². The van der Waals surface area contributed by atoms with Crippen molar-refractivity contribution in [3.63, 3.8) is 0 Å². The van der Waals surface area contributed by atoms with Crippen molar-refractivity contribution >= 4 is 5.52 Å². The number of hydrogen-bond donors (Lipinski definition) is 1. The molecule has 1 fully saturated rings. The van der Waals surface area contributed by atoms with E-state index in [0.717, 1.165) is 18.6 Å². The number of nitrogens with zero attached hydrogens (tertiary/aromatic N) is 3. The summed E-state index contributed by atoms with van der Waals surface area (Å²) in [6.07, 6.45) is 7.91. The number of hydrogen-bond acceptors (Lipinski definition) is 3. The van der Waals surface area contributed by atoms with Crippen LogP contribution in [0.1, 0.15) is 24.5 Å². The van der Waals surface area contributed by atoms with Gasteiger partial charge in [-0.05, 0) is 32.0 Å². The molecule has 2 aromatic heterocycles. The van der Waals surface area contributed by atoms with Crippen molar-refractivity contribution in [3.05, 3.63) is 30.4 Å². The molecule has 0 aliphatic carbocycles. The Bertz CT molecular complexity index is 423. The van der Waals surface area contributed by atoms with Crippen LogP contribution in [0, 0.1) is 0 Å². The van der Waals surface area contributed by atoms with Gasteiger partial charge >= 0.3 is 0 Å². The number of piperidine rings is 1. The van der Waals surface area contributed by atoms with E-state index in [1.807, 2.05) is 16.9 Å². The van der Waals surface area contributed by atoms with Crippen LogP contribution in [0.5, 0.6) is 0 Å². The summed E-state index contributed by atoms with van der Waals surface area (Å²) in [5.41, 5.74) is 2.30. The summed E-state index contributed by atoms with van der Waals surface area (Å²) in [6, 6.07) is 2.16. The second-order valence-electron chi connectivity index (χ2n) is 4.04. The van der Waals surface area contributed by atoms with Crippen LogP contribution in [0.15, 0.2) is 24.7 Å². The monoisotopic (exact) mass is 202 g/mol. The third-order valence-corrected chi connectivity index (χ3v) is 3.04. The molecule has 2 aromatic rings. The fourth-order valence-corrected chi connectivity index (χ4v) is 2.18. The Morgan fingerprint density at radius 3 is 3.00 bits per heavy atom. The van der Waals surface area contributed by atoms with E-state index in [-0.39, 0.29) is 0 Å². The van der Waals surface area contributed by atoms with Gasteiger partial charge in [0.2, 0.25) is 0 Å². The third kappa shape index (κ3) is 1.61. The molecule has 78 valence electrons. The molecule has 0 atom stereocenters. The summed E-state index contributed by atoms with van der Waals surface area (Å²) in [5, 5.41) is 7.96. The van der Waals surface area contributed by atoms with Crippen molar-refractivity contribution in [1.82, 2.24) is 19.9 Å². The molecule has 4 heteroatoms. The van der Waals surface area contributed by atoms with E-state index in [2.05, 4.69) is 21.5 Å². The molecular formula is C11H14N4. The lowest BCUT2D eigenvalue weighted by Crippen LogP contribution is -2.26. The van der Waals surface area contributed by atoms with E-state index >= 15 is 0 Å². The second kappa shape index (κ2) is 3.62. The van der Waals surface area contributed by atoms with Gasteiger partial charge in [0, 0.05) is 18.3 Å². The smallest absolute Gasteiger partial charge is 0.0847 e. The summed E-state index contributed by atoms with van der Waals surface area (Å²) < 4.78 is 1.91. The predicted octanol–water partition coefficient (Wildman–Crippen LogP) is 1.20. The van der Waals surface area contributed by atoms with Crippen molar-refractivity contribution in [2.75, 3.05) is 13.1 Å². The first-order chi connectivity index (χ1) is 7.43. The van der Waals surface area contributed by atoms with Crippen LogP contribution in [-0.2, 0) is 0 Å². The Labute approximate surface area is 88.3 Å². The molecular weight excluding hydrogens is 188 g/mol. The SMILES string of the molecule is c1cn2nc(C3CCNCC3)cc2cn1. The molecule has 1 saturated heterocycles. The molecule has 1 aliphatic heterocycles. The second-order valence-corrected chi connectivity index (χ2v) is 4.04. The number of aromatic nitrogens is 3. The van der Waals surface area contributed by atoms with Crippen LogP contribution in [0.2, 0.25) is 0 Å². The topological polar surface area (TPSA) is 42.2 Å². The van der Waals surface area contributed by atoms with Gasteiger partial charge in [-0.15, -0.1) is 0 Å². The maximum absolute atomic E-state index is 4.59. The Balaban J connectivity index is 1.96. The fourth-order valence-electron chi connectivity index (χ4n) is 2.18. The van der Waals surface area contributed by atoms with Crippen molar-refractivity contribution in [2.45, 2.75) is 18.8 Å². The molecule has 0 unspecified atom stereocenters. The van der Waals surface area contributed by atoms with Crippen LogP contribution in [0.3, 0.4) is 0 Å². The van der Waals surface area contributed by atoms with E-state index in [9.17, 15) is 0 Å². The Hall–Kier alpha value is -1.42. The minimum atomic E-state index is 0.617. The normalized spacial score (nSPS) is 18.4. The lowest BCUT2D eigenvalue weighted by molar-refractivity contribution is 0.452. The minimum absolute atomic E-state index is 0.617. The quantitative estimate of drug-likeness (QED) is 0.755. The van der Waals surface area contributed by atoms with E-state index in [1.54, 1.807) is 6.20 Å². The van der Waals surface area contributed by atoms with Crippen LogP contribution in [-0.4, -0.2) is 27.7 Å². The van der Waals surface area contributed by atoms with E-state index in [0.29, 0.717) is 5.92 Å². The highest BCUT2D eigenvalue weighted by Gasteiger charge is 2.17. The van der Waals surface area contributed by atoms with Crippen molar-refractivity contribution in [3.8, 4) is 0 Å². The lowest BCUT2D eigenvalue weighted by Gasteiger charge is -2.20. The first kappa shape index (κ1) is 8.85. The number of rotatable bonds is 1. The van der Waals surface area contributed by atoms with E-state index in [1.165, 1.54) is 18.5 Å². The molecule has 0 radical (unpaired) electrons. The molecule has 0 saturated carbocycles. The minimum Gasteiger partial charge on any atom is -0.317 e. The lowest BCUT2D eigenvalue weighted by atomic mass is 9.95. The van der Waals surface area contributed by atoms with Crippen molar-refractivity contribution in [2.24, 2.45) is 0 Å². The summed E-state index contributed by atoms with van der Waals surface area (Å²) in [6.45, 7) is 2.22. The van der Waals surface area contributed by atoms with Crippen LogP contribution >= 0.6 is 0 Å². The highest BCUT2D eigenvalue weighted by molar-refractivity contribution is 5.45. The molecule has 0 spiro atoms. The van der Waals surface area contributed by atoms with Crippen LogP contribution < -0.4 is 5.32 Å². The van der Waals surface area contributed by atoms with Gasteiger partial charge in [-0.25, -0.2) is 4.52 Å². The Kier molecular flexibility index (Phi) is 2.14. The van der Waals surface area contributed by atoms with E-state index in [4.69, 9.17) is 0 Å². The molecule has 0 bridgehead atoms. The van der Waals surface area contributed by atoms with Gasteiger partial charge in [-0.1, -0.05) is 0 Å². The van der Waals surface area contributed by atoms with Gasteiger partial charge < -0.3 is 5.32 Å². The van der Waals surface area contributed by atoms with Gasteiger partial charge in [0.05, 0.1) is 17.4 Å². The first-order valence-electron chi connectivity index (χ1n) is 5.43. The zero-order valence-electron chi connectivity index (χ0n) is 8.56. The molecule has 1 aliphatic rings. The molecule has 1 N–H and O–H groups in total. The Morgan fingerprint density at radius 2 is 2.20 bits per heavy atom. The molecule has 15 heavy (non-hydrogen) atoms. The largest absolute Gasteiger partial charge is 0.317 e. The molecule has 4 nitrogen and oxygen atoms in total. The van der Waals surface area contributed by atoms with E-state index < -0.39 is 0 Å². The Morgan fingerprint density at radius 1 is 1.33 bits per heavy atom. The predicted molar refractivity (Wildman–Crippen MR) is 57.8 cm³/mol. The zero-order chi connectivity index (χ0) is 10.1. The summed E-state index contributed by atoms with van der Waals surface area (Å²) >= 11 is 0.